The van der Waals surface area contributed by atoms with Crippen LogP contribution in [0.2, 0.25) is 0 Å². The molecular weight excluding hydrogens is 348 g/mol. The van der Waals surface area contributed by atoms with E-state index in [2.05, 4.69) is 28.2 Å². The van der Waals surface area contributed by atoms with Gasteiger partial charge in [0.1, 0.15) is 0 Å². The highest BCUT2D eigenvalue weighted by atomic mass is 16.5. The number of carbonyl (C=O) groups is 1. The van der Waals surface area contributed by atoms with Crippen LogP contribution in [0.25, 0.3) is 33.6 Å². The lowest BCUT2D eigenvalue weighted by atomic mass is 10.0. The Morgan fingerprint density at radius 1 is 0.893 bits per heavy atom. The molecule has 4 aromatic rings. The van der Waals surface area contributed by atoms with Crippen molar-refractivity contribution in [3.63, 3.8) is 0 Å². The number of esters is 1. The highest BCUT2D eigenvalue weighted by molar-refractivity contribution is 5.91. The molecule has 138 valence electrons. The number of carbonyl (C=O) groups excluding carboxylic acids is 1. The van der Waals surface area contributed by atoms with Gasteiger partial charge in [0, 0.05) is 23.7 Å². The van der Waals surface area contributed by atoms with E-state index in [1.54, 1.807) is 31.5 Å². The third-order valence-corrected chi connectivity index (χ3v) is 4.58. The summed E-state index contributed by atoms with van der Waals surface area (Å²) in [6.07, 6.45) is 3.58. The molecule has 0 atom stereocenters. The van der Waals surface area contributed by atoms with Crippen LogP contribution in [0, 0.1) is 0 Å². The molecule has 28 heavy (non-hydrogen) atoms. The molecule has 4 nitrogen and oxygen atoms in total. The van der Waals surface area contributed by atoms with Crippen molar-refractivity contribution < 1.29 is 9.53 Å². The minimum atomic E-state index is -0.306. The van der Waals surface area contributed by atoms with Gasteiger partial charge in [-0.3, -0.25) is 4.98 Å². The van der Waals surface area contributed by atoms with Crippen molar-refractivity contribution >= 4 is 5.97 Å². The zero-order chi connectivity index (χ0) is 19.3. The van der Waals surface area contributed by atoms with Crippen molar-refractivity contribution in [2.24, 2.45) is 0 Å². The Bertz CT molecular complexity index is 1070. The van der Waals surface area contributed by atoms with Gasteiger partial charge in [0.15, 0.2) is 0 Å². The summed E-state index contributed by atoms with van der Waals surface area (Å²) < 4.78 is 5.07. The maximum Gasteiger partial charge on any atom is 0.338 e. The molecule has 2 aromatic carbocycles. The predicted octanol–water partition coefficient (Wildman–Crippen LogP) is 5.59. The van der Waals surface area contributed by atoms with Crippen LogP contribution in [-0.4, -0.2) is 22.5 Å². The van der Waals surface area contributed by atoms with Gasteiger partial charge in [-0.25, -0.2) is 4.79 Å². The van der Waals surface area contributed by atoms with Gasteiger partial charge in [-0.15, -0.1) is 0 Å². The Hall–Kier alpha value is -3.66. The minimum absolute atomic E-state index is 0.306. The molecule has 0 saturated heterocycles. The van der Waals surface area contributed by atoms with Crippen LogP contribution < -0.4 is 0 Å². The molecule has 0 aliphatic heterocycles. The van der Waals surface area contributed by atoms with Gasteiger partial charge in [0.2, 0.25) is 0 Å². The smallest absolute Gasteiger partial charge is 0.338 e. The number of hydrogen-bond acceptors (Lipinski definition) is 3. The van der Waals surface area contributed by atoms with Crippen molar-refractivity contribution in [2.75, 3.05) is 6.61 Å². The van der Waals surface area contributed by atoms with E-state index < -0.39 is 0 Å². The lowest BCUT2D eigenvalue weighted by Crippen LogP contribution is -2.04. The Kier molecular flexibility index (Phi) is 5.02. The quantitative estimate of drug-likeness (QED) is 0.467. The molecule has 2 aromatic heterocycles. The lowest BCUT2D eigenvalue weighted by molar-refractivity contribution is 0.0526. The number of nitrogens with one attached hydrogen (secondary N) is 1. The fourth-order valence-electron chi connectivity index (χ4n) is 3.20. The molecule has 4 rings (SSSR count). The fraction of sp³-hybridized carbons (Fsp3) is 0.0833. The fourth-order valence-corrected chi connectivity index (χ4v) is 3.20. The molecule has 0 radical (unpaired) electrons. The number of aromatic amines is 1. The van der Waals surface area contributed by atoms with Gasteiger partial charge >= 0.3 is 5.97 Å². The summed E-state index contributed by atoms with van der Waals surface area (Å²) in [6, 6.07) is 23.8. The Labute approximate surface area is 163 Å². The van der Waals surface area contributed by atoms with Crippen LogP contribution in [-0.2, 0) is 4.74 Å². The van der Waals surface area contributed by atoms with Crippen LogP contribution >= 0.6 is 0 Å². The molecule has 0 bridgehead atoms. The normalized spacial score (nSPS) is 10.6. The highest BCUT2D eigenvalue weighted by Crippen LogP contribution is 2.35. The van der Waals surface area contributed by atoms with E-state index >= 15 is 0 Å². The second-order valence-electron chi connectivity index (χ2n) is 6.37. The summed E-state index contributed by atoms with van der Waals surface area (Å²) in [6.45, 7) is 2.17. The van der Waals surface area contributed by atoms with Crippen molar-refractivity contribution in [1.82, 2.24) is 9.97 Å². The molecule has 0 fully saturated rings. The third-order valence-electron chi connectivity index (χ3n) is 4.58. The maximum absolute atomic E-state index is 11.9. The summed E-state index contributed by atoms with van der Waals surface area (Å²) in [7, 11) is 0. The van der Waals surface area contributed by atoms with Gasteiger partial charge in [-0.05, 0) is 53.9 Å². The second kappa shape index (κ2) is 7.92. The van der Waals surface area contributed by atoms with E-state index in [9.17, 15) is 4.79 Å². The van der Waals surface area contributed by atoms with E-state index in [-0.39, 0.29) is 5.97 Å². The SMILES string of the molecule is CCOC(=O)c1ccc(-c2[nH]c(-c3ccccc3)cc2-c2ccncc2)cc1. The Morgan fingerprint density at radius 2 is 1.61 bits per heavy atom. The zero-order valence-electron chi connectivity index (χ0n) is 15.6. The van der Waals surface area contributed by atoms with E-state index in [4.69, 9.17) is 4.74 Å². The zero-order valence-corrected chi connectivity index (χ0v) is 15.6. The average molecular weight is 368 g/mol. The summed E-state index contributed by atoms with van der Waals surface area (Å²) in [4.78, 5) is 19.6. The first-order chi connectivity index (χ1) is 13.8. The Morgan fingerprint density at radius 3 is 2.29 bits per heavy atom. The molecule has 0 unspecified atom stereocenters. The van der Waals surface area contributed by atoms with E-state index in [1.165, 1.54) is 0 Å². The van der Waals surface area contributed by atoms with Gasteiger partial charge < -0.3 is 9.72 Å². The number of H-pyrrole nitrogens is 1. The van der Waals surface area contributed by atoms with Crippen molar-refractivity contribution in [3.8, 4) is 33.6 Å². The first-order valence-electron chi connectivity index (χ1n) is 9.22. The van der Waals surface area contributed by atoms with Crippen molar-refractivity contribution in [1.29, 1.82) is 0 Å². The number of rotatable bonds is 5. The van der Waals surface area contributed by atoms with Gasteiger partial charge in [-0.2, -0.15) is 0 Å². The van der Waals surface area contributed by atoms with Crippen LogP contribution in [0.5, 0.6) is 0 Å². The number of ether oxygens (including phenoxy) is 1. The van der Waals surface area contributed by atoms with Crippen LogP contribution in [0.3, 0.4) is 0 Å². The summed E-state index contributed by atoms with van der Waals surface area (Å²) in [5.41, 5.74) is 6.88. The molecule has 0 amide bonds. The van der Waals surface area contributed by atoms with Crippen LogP contribution in [0.1, 0.15) is 17.3 Å². The number of pyridine rings is 1. The molecule has 0 aliphatic rings. The molecule has 0 saturated carbocycles. The molecule has 4 heteroatoms. The molecule has 2 heterocycles. The van der Waals surface area contributed by atoms with Crippen molar-refractivity contribution in [2.45, 2.75) is 6.92 Å². The standard InChI is InChI=1S/C24H20N2O2/c1-2-28-24(27)20-10-8-19(9-11-20)23-21(17-12-14-25-15-13-17)16-22(26-23)18-6-4-3-5-7-18/h3-16,26H,2H2,1H3. The van der Waals surface area contributed by atoms with Gasteiger partial charge in [0.05, 0.1) is 17.9 Å². The van der Waals surface area contributed by atoms with Gasteiger partial charge in [-0.1, -0.05) is 42.5 Å². The third kappa shape index (κ3) is 3.58. The van der Waals surface area contributed by atoms with E-state index in [0.29, 0.717) is 12.2 Å². The Balaban J connectivity index is 1.79. The number of benzene rings is 2. The first kappa shape index (κ1) is 17.7. The molecule has 1 N–H and O–H groups in total. The lowest BCUT2D eigenvalue weighted by Gasteiger charge is -2.06. The summed E-state index contributed by atoms with van der Waals surface area (Å²) in [5, 5.41) is 0. The molecular formula is C24H20N2O2. The first-order valence-corrected chi connectivity index (χ1v) is 9.22. The molecule has 0 aliphatic carbocycles. The topological polar surface area (TPSA) is 55.0 Å². The predicted molar refractivity (Wildman–Crippen MR) is 111 cm³/mol. The number of aromatic nitrogens is 2. The largest absolute Gasteiger partial charge is 0.462 e. The van der Waals surface area contributed by atoms with Crippen LogP contribution in [0.15, 0.2) is 85.2 Å². The average Bonchev–Trinajstić information content (AvgIpc) is 3.21. The molecule has 0 spiro atoms. The van der Waals surface area contributed by atoms with E-state index in [1.807, 2.05) is 42.5 Å². The van der Waals surface area contributed by atoms with Gasteiger partial charge in [0.25, 0.3) is 0 Å². The summed E-state index contributed by atoms with van der Waals surface area (Å²) >= 11 is 0. The number of nitrogens with zero attached hydrogens (tertiary/aromatic N) is 1. The maximum atomic E-state index is 11.9. The monoisotopic (exact) mass is 368 g/mol. The minimum Gasteiger partial charge on any atom is -0.462 e. The van der Waals surface area contributed by atoms with Crippen molar-refractivity contribution in [3.05, 3.63) is 90.8 Å². The summed E-state index contributed by atoms with van der Waals surface area (Å²) in [5.74, 6) is -0.306. The number of hydrogen-bond donors (Lipinski definition) is 1. The second-order valence-corrected chi connectivity index (χ2v) is 6.37. The highest BCUT2D eigenvalue weighted by Gasteiger charge is 2.14. The van der Waals surface area contributed by atoms with E-state index in [0.717, 1.165) is 33.6 Å². The van der Waals surface area contributed by atoms with Crippen LogP contribution in [0.4, 0.5) is 0 Å².